The van der Waals surface area contributed by atoms with E-state index >= 15 is 0 Å². The van der Waals surface area contributed by atoms with Gasteiger partial charge in [0.25, 0.3) is 5.08 Å². The van der Waals surface area contributed by atoms with Crippen LogP contribution in [-0.4, -0.2) is 29.1 Å². The second-order valence-corrected chi connectivity index (χ2v) is 7.48. The minimum atomic E-state index is 0.705. The maximum absolute atomic E-state index is 2.37. The third-order valence-electron chi connectivity index (χ3n) is 1.39. The fourth-order valence-electron chi connectivity index (χ4n) is 0.510. The first-order valence-corrected chi connectivity index (χ1v) is 7.33. The van der Waals surface area contributed by atoms with Crippen molar-refractivity contribution in [2.75, 3.05) is 29.1 Å². The van der Waals surface area contributed by atoms with E-state index in [0.717, 1.165) is 0 Å². The molecule has 0 aliphatic rings. The van der Waals surface area contributed by atoms with Crippen LogP contribution in [0.2, 0.25) is 0 Å². The summed E-state index contributed by atoms with van der Waals surface area (Å²) in [5.74, 6) is 2.74. The summed E-state index contributed by atoms with van der Waals surface area (Å²) in [5, 5.41) is 1.47. The van der Waals surface area contributed by atoms with E-state index in [4.69, 9.17) is 0 Å². The Balaban J connectivity index is 3.22. The molecule has 56 valence electrons. The first kappa shape index (κ1) is 9.70. The van der Waals surface area contributed by atoms with E-state index in [1.54, 1.807) is 0 Å². The zero-order valence-corrected chi connectivity index (χ0v) is 8.57. The second-order valence-electron chi connectivity index (χ2n) is 2.26. The predicted octanol–water partition coefficient (Wildman–Crippen LogP) is 1.48. The monoisotopic (exact) mass is 166 g/mol. The van der Waals surface area contributed by atoms with E-state index in [0.29, 0.717) is 21.8 Å². The summed E-state index contributed by atoms with van der Waals surface area (Å²) in [6, 6.07) is 0. The van der Waals surface area contributed by atoms with Crippen molar-refractivity contribution in [1.82, 2.24) is 0 Å². The van der Waals surface area contributed by atoms with E-state index in [-0.39, 0.29) is 0 Å². The van der Waals surface area contributed by atoms with Gasteiger partial charge in [-0.05, 0) is 13.8 Å². The van der Waals surface area contributed by atoms with Crippen LogP contribution in [0.1, 0.15) is 13.8 Å². The van der Waals surface area contributed by atoms with Gasteiger partial charge in [0.05, 0.1) is 0 Å². The molecule has 0 amide bonds. The van der Waals surface area contributed by atoms with Gasteiger partial charge in [-0.3, -0.25) is 0 Å². The zero-order valence-electron chi connectivity index (χ0n) is 6.94. The van der Waals surface area contributed by atoms with Crippen LogP contribution in [-0.2, 0) is 21.8 Å². The molecule has 0 saturated carbocycles. The fraction of sp³-hybridized carbons (Fsp3) is 1.00. The minimum Gasteiger partial charge on any atom is -0.0197 e. The van der Waals surface area contributed by atoms with Crippen LogP contribution in [0.3, 0.4) is 0 Å². The molecule has 2 unspecified atom stereocenters. The third kappa shape index (κ3) is 5.16. The lowest BCUT2D eigenvalue weighted by Gasteiger charge is -1.98. The second kappa shape index (κ2) is 5.48. The molecular weight excluding hydrogens is 148 g/mol. The lowest BCUT2D eigenvalue weighted by Crippen LogP contribution is -2.17. The summed E-state index contributed by atoms with van der Waals surface area (Å²) in [4.78, 5) is 0. The molecule has 0 aliphatic carbocycles. The summed E-state index contributed by atoms with van der Waals surface area (Å²) >= 11 is 0. The Labute approximate surface area is 65.1 Å². The molecule has 0 fully saturated rings. The average molecular weight is 166 g/mol. The quantitative estimate of drug-likeness (QED) is 0.555. The van der Waals surface area contributed by atoms with E-state index in [9.17, 15) is 0 Å². The molecule has 0 saturated heterocycles. The molecule has 2 heteroatoms. The Morgan fingerprint density at radius 1 is 0.889 bits per heavy atom. The average Bonchev–Trinajstić information content (AvgIpc) is 1.87. The Bertz CT molecular complexity index is 55.9. The first-order valence-electron chi connectivity index (χ1n) is 3.39. The number of hydrogen-bond acceptors (Lipinski definition) is 0. The van der Waals surface area contributed by atoms with Gasteiger partial charge in [-0.2, -0.15) is 0 Å². The first-order chi connectivity index (χ1) is 4.20. The van der Waals surface area contributed by atoms with Gasteiger partial charge in [-0.25, -0.2) is 0 Å². The van der Waals surface area contributed by atoms with Crippen LogP contribution in [0.25, 0.3) is 0 Å². The Kier molecular flexibility index (Phi) is 5.91. The van der Waals surface area contributed by atoms with Gasteiger partial charge < -0.3 is 0 Å². The molecule has 0 N–H and O–H groups in total. The highest BCUT2D eigenvalue weighted by atomic mass is 32.3. The lowest BCUT2D eigenvalue weighted by molar-refractivity contribution is 1.49. The molecule has 0 rings (SSSR count). The van der Waals surface area contributed by atoms with E-state index in [1.807, 2.05) is 0 Å². The largest absolute Gasteiger partial charge is 0.257 e. The van der Waals surface area contributed by atoms with Crippen LogP contribution < -0.4 is 0 Å². The maximum Gasteiger partial charge on any atom is 0.257 e. The SMILES string of the molecule is CC[S+](C)C[S+](C)CC. The molecule has 0 aliphatic heterocycles. The molecule has 0 bridgehead atoms. The van der Waals surface area contributed by atoms with Crippen LogP contribution in [0.15, 0.2) is 0 Å². The molecule has 9 heavy (non-hydrogen) atoms. The minimum absolute atomic E-state index is 0.705. The van der Waals surface area contributed by atoms with Crippen molar-refractivity contribution < 1.29 is 0 Å². The Hall–Kier alpha value is 0.700. The molecule has 0 aromatic carbocycles. The summed E-state index contributed by atoms with van der Waals surface area (Å²) in [7, 11) is 1.41. The Morgan fingerprint density at radius 3 is 1.44 bits per heavy atom. The van der Waals surface area contributed by atoms with Gasteiger partial charge in [-0.1, -0.05) is 0 Å². The molecule has 0 aromatic rings. The van der Waals surface area contributed by atoms with E-state index < -0.39 is 0 Å². The fourth-order valence-corrected chi connectivity index (χ4v) is 4.59. The molecule has 0 heterocycles. The lowest BCUT2D eigenvalue weighted by atomic mass is 11.0. The van der Waals surface area contributed by atoms with Crippen molar-refractivity contribution in [2.24, 2.45) is 0 Å². The van der Waals surface area contributed by atoms with Gasteiger partial charge >= 0.3 is 0 Å². The highest BCUT2D eigenvalue weighted by molar-refractivity contribution is 8.12. The van der Waals surface area contributed by atoms with E-state index in [1.165, 1.54) is 16.6 Å². The number of hydrogen-bond donors (Lipinski definition) is 0. The van der Waals surface area contributed by atoms with Crippen LogP contribution >= 0.6 is 0 Å². The Morgan fingerprint density at radius 2 is 1.22 bits per heavy atom. The van der Waals surface area contributed by atoms with Gasteiger partial charge in [0.15, 0.2) is 0 Å². The highest BCUT2D eigenvalue weighted by Crippen LogP contribution is 1.99. The summed E-state index contributed by atoms with van der Waals surface area (Å²) < 4.78 is 0. The standard InChI is InChI=1S/C7H18S2/c1-5-8(3)7-9(4)6-2/h5-7H2,1-4H3/q+2. The van der Waals surface area contributed by atoms with Crippen molar-refractivity contribution >= 4 is 21.8 Å². The molecular formula is C7H18S2+2. The molecule has 0 aromatic heterocycles. The van der Waals surface area contributed by atoms with Gasteiger partial charge in [0.2, 0.25) is 0 Å². The topological polar surface area (TPSA) is 0 Å². The summed E-state index contributed by atoms with van der Waals surface area (Å²) in [5.41, 5.74) is 0. The van der Waals surface area contributed by atoms with Gasteiger partial charge in [0.1, 0.15) is 24.0 Å². The normalized spacial score (nSPS) is 17.3. The van der Waals surface area contributed by atoms with Crippen LogP contribution in [0, 0.1) is 0 Å². The number of rotatable bonds is 4. The summed E-state index contributed by atoms with van der Waals surface area (Å²) in [6.45, 7) is 4.58. The van der Waals surface area contributed by atoms with Gasteiger partial charge in [-0.15, -0.1) is 0 Å². The van der Waals surface area contributed by atoms with E-state index in [2.05, 4.69) is 26.4 Å². The molecule has 0 spiro atoms. The van der Waals surface area contributed by atoms with Crippen molar-refractivity contribution in [1.29, 1.82) is 0 Å². The highest BCUT2D eigenvalue weighted by Gasteiger charge is 2.18. The van der Waals surface area contributed by atoms with Crippen molar-refractivity contribution in [3.05, 3.63) is 0 Å². The predicted molar refractivity (Wildman–Crippen MR) is 52.5 cm³/mol. The maximum atomic E-state index is 2.37. The molecule has 2 atom stereocenters. The van der Waals surface area contributed by atoms with Crippen molar-refractivity contribution in [3.8, 4) is 0 Å². The van der Waals surface area contributed by atoms with Crippen molar-refractivity contribution in [2.45, 2.75) is 13.8 Å². The molecule has 0 nitrogen and oxygen atoms in total. The smallest absolute Gasteiger partial charge is 0.0197 e. The third-order valence-corrected chi connectivity index (χ3v) is 6.58. The zero-order chi connectivity index (χ0) is 7.28. The molecule has 0 radical (unpaired) electrons. The summed E-state index contributed by atoms with van der Waals surface area (Å²) in [6.07, 6.45) is 4.75. The van der Waals surface area contributed by atoms with Crippen molar-refractivity contribution in [3.63, 3.8) is 0 Å². The van der Waals surface area contributed by atoms with Gasteiger partial charge in [0, 0.05) is 21.8 Å². The van der Waals surface area contributed by atoms with Crippen LogP contribution in [0.4, 0.5) is 0 Å². The van der Waals surface area contributed by atoms with Crippen LogP contribution in [0.5, 0.6) is 0 Å².